The van der Waals surface area contributed by atoms with Crippen molar-refractivity contribution in [2.75, 3.05) is 6.54 Å². The van der Waals surface area contributed by atoms with Crippen LogP contribution >= 0.6 is 0 Å². The lowest BCUT2D eigenvalue weighted by Gasteiger charge is -2.23. The first kappa shape index (κ1) is 22.8. The highest BCUT2D eigenvalue weighted by Crippen LogP contribution is 2.33. The maximum atomic E-state index is 13.4. The highest BCUT2D eigenvalue weighted by Gasteiger charge is 2.41. The Labute approximate surface area is 204 Å². The molecule has 3 aromatic rings. The molecule has 178 valence electrons. The van der Waals surface area contributed by atoms with Gasteiger partial charge in [0.25, 0.3) is 11.8 Å². The molecular formula is C28H28N4O3. The molecule has 0 saturated carbocycles. The fourth-order valence-electron chi connectivity index (χ4n) is 4.78. The summed E-state index contributed by atoms with van der Waals surface area (Å²) in [5.74, 6) is -0.496. The summed E-state index contributed by atoms with van der Waals surface area (Å²) in [7, 11) is 0. The molecule has 35 heavy (non-hydrogen) atoms. The molecule has 1 N–H and O–H groups in total. The summed E-state index contributed by atoms with van der Waals surface area (Å²) in [4.78, 5) is 39.7. The van der Waals surface area contributed by atoms with Crippen molar-refractivity contribution in [3.05, 3.63) is 83.9 Å². The minimum atomic E-state index is -0.588. The molecule has 7 nitrogen and oxygen atoms in total. The van der Waals surface area contributed by atoms with Crippen LogP contribution in [0.5, 0.6) is 0 Å². The number of nitrogens with one attached hydrogen (secondary N) is 1. The molecule has 0 aliphatic carbocycles. The number of amides is 4. The van der Waals surface area contributed by atoms with Crippen LogP contribution in [0.4, 0.5) is 4.79 Å². The Morgan fingerprint density at radius 2 is 1.71 bits per heavy atom. The van der Waals surface area contributed by atoms with Crippen LogP contribution in [0.1, 0.15) is 43.9 Å². The highest BCUT2D eigenvalue weighted by atomic mass is 16.2. The van der Waals surface area contributed by atoms with Crippen molar-refractivity contribution in [1.82, 2.24) is 15.2 Å². The van der Waals surface area contributed by atoms with Gasteiger partial charge in [-0.3, -0.25) is 14.5 Å². The average molecular weight is 469 g/mol. The van der Waals surface area contributed by atoms with Crippen LogP contribution in [-0.4, -0.2) is 46.1 Å². The lowest BCUT2D eigenvalue weighted by Crippen LogP contribution is -2.41. The lowest BCUT2D eigenvalue weighted by molar-refractivity contribution is -0.138. The van der Waals surface area contributed by atoms with Crippen LogP contribution < -0.4 is 5.32 Å². The summed E-state index contributed by atoms with van der Waals surface area (Å²) in [5, 5.41) is 11.1. The van der Waals surface area contributed by atoms with E-state index in [4.69, 9.17) is 5.10 Å². The van der Waals surface area contributed by atoms with Gasteiger partial charge in [-0.25, -0.2) is 9.80 Å². The molecule has 3 aromatic carbocycles. The number of nitrogens with zero attached hydrogens (tertiary/aromatic N) is 3. The molecule has 0 unspecified atom stereocenters. The van der Waals surface area contributed by atoms with Gasteiger partial charge < -0.3 is 5.32 Å². The Morgan fingerprint density at radius 1 is 1.00 bits per heavy atom. The second-order valence-corrected chi connectivity index (χ2v) is 9.53. The van der Waals surface area contributed by atoms with E-state index in [2.05, 4.69) is 29.6 Å². The number of fused-ring (bicyclic) bond motifs is 1. The summed E-state index contributed by atoms with van der Waals surface area (Å²) < 4.78 is 0. The van der Waals surface area contributed by atoms with Crippen molar-refractivity contribution >= 4 is 34.3 Å². The summed E-state index contributed by atoms with van der Waals surface area (Å²) in [5.41, 5.74) is 2.70. The largest absolute Gasteiger partial charge is 0.326 e. The maximum absolute atomic E-state index is 13.4. The van der Waals surface area contributed by atoms with Crippen molar-refractivity contribution in [2.45, 2.75) is 38.8 Å². The maximum Gasteiger partial charge on any atom is 0.325 e. The number of hydrazone groups is 1. The molecule has 2 heterocycles. The summed E-state index contributed by atoms with van der Waals surface area (Å²) in [6, 6.07) is 22.6. The molecule has 2 aliphatic heterocycles. The van der Waals surface area contributed by atoms with Gasteiger partial charge >= 0.3 is 6.03 Å². The first-order chi connectivity index (χ1) is 16.9. The second-order valence-electron chi connectivity index (χ2n) is 9.53. The normalized spacial score (nSPS) is 20.0. The van der Waals surface area contributed by atoms with Gasteiger partial charge in [-0.1, -0.05) is 80.6 Å². The molecule has 1 saturated heterocycles. The number of urea groups is 1. The number of hydrogen-bond acceptors (Lipinski definition) is 4. The molecule has 0 bridgehead atoms. The van der Waals surface area contributed by atoms with Crippen LogP contribution in [-0.2, 0) is 9.59 Å². The van der Waals surface area contributed by atoms with Gasteiger partial charge in [-0.05, 0) is 40.3 Å². The number of rotatable bonds is 6. The van der Waals surface area contributed by atoms with Crippen LogP contribution in [0.3, 0.4) is 0 Å². The first-order valence-corrected chi connectivity index (χ1v) is 12.0. The molecule has 2 atom stereocenters. The van der Waals surface area contributed by atoms with E-state index in [1.807, 2.05) is 62.4 Å². The predicted octanol–water partition coefficient (Wildman–Crippen LogP) is 4.48. The zero-order valence-corrected chi connectivity index (χ0v) is 19.8. The van der Waals surface area contributed by atoms with E-state index in [1.165, 1.54) is 5.01 Å². The minimum Gasteiger partial charge on any atom is -0.326 e. The Kier molecular flexibility index (Phi) is 6.07. The minimum absolute atomic E-state index is 0.245. The Morgan fingerprint density at radius 3 is 2.46 bits per heavy atom. The van der Waals surface area contributed by atoms with E-state index in [-0.39, 0.29) is 30.3 Å². The van der Waals surface area contributed by atoms with Gasteiger partial charge in [0, 0.05) is 6.42 Å². The Bertz CT molecular complexity index is 1320. The van der Waals surface area contributed by atoms with E-state index in [1.54, 1.807) is 0 Å². The number of imide groups is 1. The fourth-order valence-corrected chi connectivity index (χ4v) is 4.78. The van der Waals surface area contributed by atoms with Crippen molar-refractivity contribution in [3.63, 3.8) is 0 Å². The summed E-state index contributed by atoms with van der Waals surface area (Å²) >= 11 is 0. The Hall–Kier alpha value is -4.00. The first-order valence-electron chi connectivity index (χ1n) is 12.0. The van der Waals surface area contributed by atoms with Crippen LogP contribution in [0, 0.1) is 5.92 Å². The summed E-state index contributed by atoms with van der Waals surface area (Å²) in [6.45, 7) is 3.65. The standard InChI is InChI=1S/C28H28N4O3/c1-18(2)14-24-27(34)31(28(35)29-24)17-26(33)32-25(20-9-4-3-5-10-20)16-23(30-32)22-13-12-19-8-6-7-11-21(19)15-22/h3-13,15,18,24-25H,14,16-17H2,1-2H3,(H,29,35)/t24-,25-/m1/s1. The fraction of sp³-hybridized carbons (Fsp3) is 0.286. The van der Waals surface area contributed by atoms with Crippen LogP contribution in [0.2, 0.25) is 0 Å². The highest BCUT2D eigenvalue weighted by molar-refractivity contribution is 6.08. The van der Waals surface area contributed by atoms with Gasteiger partial charge in [-0.2, -0.15) is 5.10 Å². The van der Waals surface area contributed by atoms with Crippen LogP contribution in [0.25, 0.3) is 10.8 Å². The van der Waals surface area contributed by atoms with Crippen molar-refractivity contribution < 1.29 is 14.4 Å². The van der Waals surface area contributed by atoms with E-state index in [0.29, 0.717) is 12.8 Å². The molecule has 0 radical (unpaired) electrons. The molecule has 4 amide bonds. The van der Waals surface area contributed by atoms with Crippen molar-refractivity contribution in [1.29, 1.82) is 0 Å². The Balaban J connectivity index is 1.43. The smallest absolute Gasteiger partial charge is 0.325 e. The number of hydrogen-bond donors (Lipinski definition) is 1. The zero-order chi connectivity index (χ0) is 24.5. The monoisotopic (exact) mass is 468 g/mol. The molecule has 1 fully saturated rings. The molecule has 7 heteroatoms. The van der Waals surface area contributed by atoms with Crippen LogP contribution in [0.15, 0.2) is 77.9 Å². The van der Waals surface area contributed by atoms with Crippen molar-refractivity contribution in [3.8, 4) is 0 Å². The molecule has 0 spiro atoms. The molecule has 0 aromatic heterocycles. The summed E-state index contributed by atoms with van der Waals surface area (Å²) in [6.07, 6.45) is 1.08. The van der Waals surface area contributed by atoms with E-state index < -0.39 is 12.1 Å². The topological polar surface area (TPSA) is 82.1 Å². The SMILES string of the molecule is CC(C)C[C@H]1NC(=O)N(CC(=O)N2N=C(c3ccc4ccccc4c3)C[C@@H]2c2ccccc2)C1=O. The third-order valence-corrected chi connectivity index (χ3v) is 6.54. The average Bonchev–Trinajstić information content (AvgIpc) is 3.41. The van der Waals surface area contributed by atoms with E-state index >= 15 is 0 Å². The number of carbonyl (C=O) groups is 3. The van der Waals surface area contributed by atoms with Gasteiger partial charge in [0.2, 0.25) is 0 Å². The predicted molar refractivity (Wildman–Crippen MR) is 135 cm³/mol. The quantitative estimate of drug-likeness (QED) is 0.542. The number of carbonyl (C=O) groups excluding carboxylic acids is 3. The zero-order valence-electron chi connectivity index (χ0n) is 19.8. The lowest BCUT2D eigenvalue weighted by atomic mass is 9.97. The van der Waals surface area contributed by atoms with E-state index in [9.17, 15) is 14.4 Å². The van der Waals surface area contributed by atoms with Gasteiger partial charge in [0.05, 0.1) is 11.8 Å². The van der Waals surface area contributed by atoms with Gasteiger partial charge in [0.1, 0.15) is 12.6 Å². The third kappa shape index (κ3) is 4.54. The van der Waals surface area contributed by atoms with Gasteiger partial charge in [-0.15, -0.1) is 0 Å². The molecular weight excluding hydrogens is 440 g/mol. The van der Waals surface area contributed by atoms with Crippen molar-refractivity contribution in [2.24, 2.45) is 11.0 Å². The number of benzene rings is 3. The third-order valence-electron chi connectivity index (χ3n) is 6.54. The van der Waals surface area contributed by atoms with Gasteiger partial charge in [0.15, 0.2) is 0 Å². The molecule has 2 aliphatic rings. The molecule has 5 rings (SSSR count). The second kappa shape index (κ2) is 9.33. The van der Waals surface area contributed by atoms with E-state index in [0.717, 1.165) is 32.5 Å².